The van der Waals surface area contributed by atoms with E-state index >= 15 is 0 Å². The zero-order chi connectivity index (χ0) is 39.6. The minimum absolute atomic E-state index is 0.0624. The molecular weight excluding hydrogens is 718 g/mol. The van der Waals surface area contributed by atoms with Crippen LogP contribution in [0.3, 0.4) is 0 Å². The van der Waals surface area contributed by atoms with Gasteiger partial charge in [0.05, 0.1) is 6.20 Å². The van der Waals surface area contributed by atoms with Crippen molar-refractivity contribution in [3.63, 3.8) is 0 Å². The molecule has 53 heavy (non-hydrogen) atoms. The van der Waals surface area contributed by atoms with Gasteiger partial charge in [-0.15, -0.1) is 5.10 Å². The van der Waals surface area contributed by atoms with Crippen molar-refractivity contribution >= 4 is 47.8 Å². The molecule has 0 radical (unpaired) electrons. The zero-order valence-corrected chi connectivity index (χ0v) is 29.7. The third-order valence-corrected chi connectivity index (χ3v) is 7.02. The van der Waals surface area contributed by atoms with Crippen molar-refractivity contribution in [2.75, 3.05) is 13.2 Å². The highest BCUT2D eigenvalue weighted by molar-refractivity contribution is 5.81. The lowest BCUT2D eigenvalue weighted by molar-refractivity contribution is -0.386. The van der Waals surface area contributed by atoms with Gasteiger partial charge in [0.1, 0.15) is 31.6 Å². The van der Waals surface area contributed by atoms with Crippen molar-refractivity contribution < 1.29 is 90.5 Å². The molecule has 0 spiro atoms. The van der Waals surface area contributed by atoms with Crippen LogP contribution < -0.4 is 0 Å². The summed E-state index contributed by atoms with van der Waals surface area (Å²) in [6.07, 6.45) is -11.6. The van der Waals surface area contributed by atoms with Crippen LogP contribution in [0.2, 0.25) is 0 Å². The molecule has 0 amide bonds. The molecule has 0 unspecified atom stereocenters. The number of aromatic nitrogens is 3. The minimum Gasteiger partial charge on any atom is -0.463 e. The van der Waals surface area contributed by atoms with E-state index in [1.54, 1.807) is 0 Å². The average Bonchev–Trinajstić information content (AvgIpc) is 3.62. The normalized spacial score (nSPS) is 27.7. The summed E-state index contributed by atoms with van der Waals surface area (Å²) in [4.78, 5) is 97.6. The van der Waals surface area contributed by atoms with Crippen LogP contribution in [0.1, 0.15) is 60.4 Å². The quantitative estimate of drug-likeness (QED) is 0.121. The molecule has 0 saturated carbocycles. The third kappa shape index (κ3) is 11.5. The first kappa shape index (κ1) is 41.9. The fraction of sp³-hybridized carbons (Fsp3) is 0.613. The average molecular weight is 758 g/mol. The van der Waals surface area contributed by atoms with Crippen molar-refractivity contribution in [2.24, 2.45) is 0 Å². The van der Waals surface area contributed by atoms with Crippen LogP contribution in [0.4, 0.5) is 0 Å². The molecule has 1 aromatic heterocycles. The number of carbonyl (C=O) groups is 8. The molecule has 22 heteroatoms. The van der Waals surface area contributed by atoms with Crippen molar-refractivity contribution in [3.8, 4) is 0 Å². The Morgan fingerprint density at radius 2 is 1.28 bits per heavy atom. The van der Waals surface area contributed by atoms with E-state index in [2.05, 4.69) is 16.9 Å². The highest BCUT2D eigenvalue weighted by Crippen LogP contribution is 2.44. The van der Waals surface area contributed by atoms with Crippen molar-refractivity contribution in [2.45, 2.75) is 110 Å². The fourth-order valence-corrected chi connectivity index (χ4v) is 5.23. The second-order valence-corrected chi connectivity index (χ2v) is 11.4. The molecule has 2 saturated heterocycles. The predicted octanol–water partition coefficient (Wildman–Crippen LogP) is -0.741. The van der Waals surface area contributed by atoms with Gasteiger partial charge in [-0.25, -0.2) is 9.48 Å². The van der Waals surface area contributed by atoms with Gasteiger partial charge in [0.2, 0.25) is 18.2 Å². The molecule has 3 heterocycles. The van der Waals surface area contributed by atoms with Gasteiger partial charge in [0.15, 0.2) is 30.6 Å². The summed E-state index contributed by atoms with van der Waals surface area (Å²) in [7, 11) is 0. The van der Waals surface area contributed by atoms with E-state index in [-0.39, 0.29) is 12.3 Å². The summed E-state index contributed by atoms with van der Waals surface area (Å²) in [5.41, 5.74) is 0.0624. The number of nitrogens with zero attached hydrogens (tertiary/aromatic N) is 3. The first-order valence-corrected chi connectivity index (χ1v) is 15.7. The third-order valence-electron chi connectivity index (χ3n) is 7.02. The van der Waals surface area contributed by atoms with E-state index < -0.39 is 116 Å². The highest BCUT2D eigenvalue weighted by atomic mass is 16.8. The topological polar surface area (TPSA) is 269 Å². The standard InChI is InChI=1S/C31H39N3O19/c1-9-23(42)44-11-21-10-34(33-32-21)29-27(49-19(7)40)28(50-20(8)41)31(52-29,13-45-15(3)36)53-30-26(48-18(6)39)25(47-17(5)38)24(46-16(4)37)22(51-30)12-43-14(2)35/h9-10,22,24-30H,1,11-13H2,2-8H3/t22-,24-,25+,26-,27+,28+,29+,30-,31+/m1/s1. The summed E-state index contributed by atoms with van der Waals surface area (Å²) in [5, 5.41) is 7.84. The summed E-state index contributed by atoms with van der Waals surface area (Å²) in [6, 6.07) is 0. The second kappa shape index (κ2) is 18.3. The number of carbonyl (C=O) groups excluding carboxylic acids is 8. The number of esters is 8. The molecule has 0 bridgehead atoms. The van der Waals surface area contributed by atoms with E-state index in [4.69, 9.17) is 52.1 Å². The molecule has 2 aliphatic rings. The predicted molar refractivity (Wildman–Crippen MR) is 164 cm³/mol. The molecule has 0 aliphatic carbocycles. The van der Waals surface area contributed by atoms with Gasteiger partial charge in [-0.2, -0.15) is 0 Å². The van der Waals surface area contributed by atoms with Crippen LogP contribution in [0, 0.1) is 0 Å². The summed E-state index contributed by atoms with van der Waals surface area (Å²) < 4.78 is 62.3. The Morgan fingerprint density at radius 3 is 1.83 bits per heavy atom. The Kier molecular flexibility index (Phi) is 14.5. The summed E-state index contributed by atoms with van der Waals surface area (Å²) >= 11 is 0. The van der Waals surface area contributed by atoms with Crippen LogP contribution in [0.5, 0.6) is 0 Å². The van der Waals surface area contributed by atoms with Crippen LogP contribution in [0.25, 0.3) is 0 Å². The number of hydrogen-bond acceptors (Lipinski definition) is 21. The van der Waals surface area contributed by atoms with E-state index in [0.29, 0.717) is 0 Å². The SMILES string of the molecule is C=CC(=O)OCc1cn([C@H]2O[C@@](COC(C)=O)(O[C@H]3O[C@H](COC(C)=O)[C@@H](OC(C)=O)[C@H](OC(C)=O)[C@H]3OC(C)=O)[C@@H](OC(C)=O)[C@@H]2OC(C)=O)nn1. The molecule has 9 atom stereocenters. The van der Waals surface area contributed by atoms with Crippen LogP contribution in [0.15, 0.2) is 18.9 Å². The van der Waals surface area contributed by atoms with E-state index in [0.717, 1.165) is 59.2 Å². The number of hydrogen-bond donors (Lipinski definition) is 0. The lowest BCUT2D eigenvalue weighted by Crippen LogP contribution is -2.65. The maximum atomic E-state index is 12.6. The van der Waals surface area contributed by atoms with Gasteiger partial charge in [0.25, 0.3) is 0 Å². The Balaban J connectivity index is 2.23. The van der Waals surface area contributed by atoms with Gasteiger partial charge in [-0.05, 0) is 0 Å². The van der Waals surface area contributed by atoms with Gasteiger partial charge in [0, 0.05) is 54.5 Å². The van der Waals surface area contributed by atoms with E-state index in [9.17, 15) is 38.4 Å². The number of ether oxygens (including phenoxy) is 11. The molecule has 0 aromatic carbocycles. The first-order valence-electron chi connectivity index (χ1n) is 15.7. The van der Waals surface area contributed by atoms with E-state index in [1.165, 1.54) is 6.20 Å². The van der Waals surface area contributed by atoms with Crippen molar-refractivity contribution in [3.05, 3.63) is 24.5 Å². The largest absolute Gasteiger partial charge is 0.463 e. The molecule has 1 aromatic rings. The molecule has 2 aliphatic heterocycles. The molecule has 2 fully saturated rings. The monoisotopic (exact) mass is 757 g/mol. The Hall–Kier alpha value is -5.48. The van der Waals surface area contributed by atoms with Crippen LogP contribution in [-0.2, 0) is 97.1 Å². The molecule has 0 N–H and O–H groups in total. The van der Waals surface area contributed by atoms with Gasteiger partial charge in [-0.1, -0.05) is 11.8 Å². The smallest absolute Gasteiger partial charge is 0.330 e. The highest BCUT2D eigenvalue weighted by Gasteiger charge is 2.65. The van der Waals surface area contributed by atoms with Crippen LogP contribution >= 0.6 is 0 Å². The Bertz CT molecular complexity index is 1580. The Morgan fingerprint density at radius 1 is 0.736 bits per heavy atom. The van der Waals surface area contributed by atoms with Crippen molar-refractivity contribution in [1.82, 2.24) is 15.0 Å². The second-order valence-electron chi connectivity index (χ2n) is 11.4. The molecule has 292 valence electrons. The summed E-state index contributed by atoms with van der Waals surface area (Å²) in [5.74, 6) is -9.76. The van der Waals surface area contributed by atoms with Gasteiger partial charge < -0.3 is 52.1 Å². The lowest BCUT2D eigenvalue weighted by atomic mass is 9.97. The van der Waals surface area contributed by atoms with E-state index in [1.807, 2.05) is 0 Å². The number of rotatable bonds is 15. The maximum Gasteiger partial charge on any atom is 0.330 e. The van der Waals surface area contributed by atoms with Crippen LogP contribution in [-0.4, -0.2) is 125 Å². The molecular formula is C31H39N3O19. The first-order chi connectivity index (χ1) is 24.8. The Labute approximate surface area is 301 Å². The zero-order valence-electron chi connectivity index (χ0n) is 29.7. The fourth-order valence-electron chi connectivity index (χ4n) is 5.23. The van der Waals surface area contributed by atoms with Gasteiger partial charge >= 0.3 is 47.8 Å². The molecule has 3 rings (SSSR count). The van der Waals surface area contributed by atoms with Gasteiger partial charge in [-0.3, -0.25) is 33.6 Å². The van der Waals surface area contributed by atoms with Crippen molar-refractivity contribution in [1.29, 1.82) is 0 Å². The lowest BCUT2D eigenvalue weighted by Gasteiger charge is -2.46. The molecule has 22 nitrogen and oxygen atoms in total. The minimum atomic E-state index is -2.56. The maximum absolute atomic E-state index is 12.6. The summed E-state index contributed by atoms with van der Waals surface area (Å²) in [6.45, 7) is 8.44.